The minimum Gasteiger partial charge on any atom is -0.268 e. The molecule has 2 heterocycles. The number of nitrogens with one attached hydrogen (secondary N) is 1. The van der Waals surface area contributed by atoms with E-state index >= 15 is 0 Å². The van der Waals surface area contributed by atoms with E-state index in [0.29, 0.717) is 5.65 Å². The predicted molar refractivity (Wildman–Crippen MR) is 96.2 cm³/mol. The van der Waals surface area contributed by atoms with Crippen LogP contribution in [0.25, 0.3) is 16.9 Å². The van der Waals surface area contributed by atoms with E-state index in [1.54, 1.807) is 16.8 Å². The summed E-state index contributed by atoms with van der Waals surface area (Å²) < 4.78 is 1.67. The monoisotopic (exact) mass is 327 g/mol. The van der Waals surface area contributed by atoms with Crippen molar-refractivity contribution in [2.45, 2.75) is 43.4 Å². The van der Waals surface area contributed by atoms with Gasteiger partial charge in [0.05, 0.1) is 11.9 Å². The molecule has 1 aliphatic carbocycles. The van der Waals surface area contributed by atoms with Gasteiger partial charge in [0, 0.05) is 16.5 Å². The number of rotatable bonds is 1. The van der Waals surface area contributed by atoms with Crippen LogP contribution in [0.5, 0.6) is 0 Å². The first kappa shape index (κ1) is 15.9. The second-order valence-electron chi connectivity index (χ2n) is 5.82. The highest BCUT2D eigenvalue weighted by atomic mass is 32.1. The largest absolute Gasteiger partial charge is 0.268 e. The Morgan fingerprint density at radius 1 is 1.00 bits per heavy atom. The topological polar surface area (TPSA) is 50.2 Å². The van der Waals surface area contributed by atoms with Gasteiger partial charge in [0.1, 0.15) is 0 Å². The molecule has 120 valence electrons. The Kier molecular flexibility index (Phi) is 5.18. The number of nitrogens with zero attached hydrogens (tertiary/aromatic N) is 2. The van der Waals surface area contributed by atoms with E-state index in [-0.39, 0.29) is 5.56 Å². The molecule has 4 rings (SSSR count). The molecule has 1 aromatic carbocycles. The molecule has 0 radical (unpaired) electrons. The van der Waals surface area contributed by atoms with Crippen LogP contribution in [0.1, 0.15) is 38.5 Å². The normalized spacial score (nSPS) is 14.3. The maximum absolute atomic E-state index is 11.3. The Morgan fingerprint density at radius 2 is 1.70 bits per heavy atom. The minimum atomic E-state index is -0.154. The Hall–Kier alpha value is -2.01. The second kappa shape index (κ2) is 7.51. The minimum absolute atomic E-state index is 0.154. The molecule has 0 bridgehead atoms. The fraction of sp³-hybridized carbons (Fsp3) is 0.333. The van der Waals surface area contributed by atoms with Gasteiger partial charge in [-0.3, -0.25) is 9.89 Å². The molecule has 0 atom stereocenters. The Morgan fingerprint density at radius 3 is 2.35 bits per heavy atom. The van der Waals surface area contributed by atoms with Crippen molar-refractivity contribution >= 4 is 18.3 Å². The van der Waals surface area contributed by atoms with Gasteiger partial charge in [-0.15, -0.1) is 12.6 Å². The maximum atomic E-state index is 11.3. The van der Waals surface area contributed by atoms with Crippen LogP contribution in [-0.4, -0.2) is 14.6 Å². The third-order valence-electron chi connectivity index (χ3n) is 4.04. The molecule has 0 saturated heterocycles. The van der Waals surface area contributed by atoms with Crippen molar-refractivity contribution in [3.63, 3.8) is 0 Å². The van der Waals surface area contributed by atoms with Gasteiger partial charge in [-0.05, 0) is 18.2 Å². The van der Waals surface area contributed by atoms with Crippen LogP contribution in [0.4, 0.5) is 0 Å². The number of benzene rings is 1. The van der Waals surface area contributed by atoms with Gasteiger partial charge < -0.3 is 0 Å². The molecule has 0 aliphatic heterocycles. The Bertz CT molecular complexity index is 822. The zero-order chi connectivity index (χ0) is 16.1. The summed E-state index contributed by atoms with van der Waals surface area (Å²) in [5, 5.41) is 2.73. The number of aromatic amines is 1. The number of hydrogen-bond donors (Lipinski definition) is 2. The zero-order valence-electron chi connectivity index (χ0n) is 13.0. The van der Waals surface area contributed by atoms with Crippen LogP contribution in [0.3, 0.4) is 0 Å². The van der Waals surface area contributed by atoms with Crippen molar-refractivity contribution in [1.29, 1.82) is 0 Å². The summed E-state index contributed by atoms with van der Waals surface area (Å²) in [5.74, 6) is 0. The first-order chi connectivity index (χ1) is 11.2. The summed E-state index contributed by atoms with van der Waals surface area (Å²) in [7, 11) is 0. The first-order valence-corrected chi connectivity index (χ1v) is 8.55. The number of fused-ring (bicyclic) bond motifs is 1. The third kappa shape index (κ3) is 4.05. The average Bonchev–Trinajstić information content (AvgIpc) is 3.00. The molecule has 23 heavy (non-hydrogen) atoms. The number of hydrogen-bond acceptors (Lipinski definition) is 3. The standard InChI is InChI=1S/C12H9N3OS.C6H12/c16-12-5-4-11-13-7-10(15(11)14-12)8-2-1-3-9(17)6-8;1-2-4-6-5-3-1/h1-7,17H,(H,14,16);1-6H2. The van der Waals surface area contributed by atoms with Crippen molar-refractivity contribution in [3.8, 4) is 11.3 Å². The summed E-state index contributed by atoms with van der Waals surface area (Å²) in [5.41, 5.74) is 2.36. The van der Waals surface area contributed by atoms with Crippen molar-refractivity contribution in [2.75, 3.05) is 0 Å². The molecular formula is C18H21N3OS. The quantitative estimate of drug-likeness (QED) is 0.654. The van der Waals surface area contributed by atoms with E-state index in [9.17, 15) is 4.79 Å². The summed E-state index contributed by atoms with van der Waals surface area (Å²) in [6.07, 6.45) is 10.7. The van der Waals surface area contributed by atoms with Gasteiger partial charge in [-0.1, -0.05) is 50.7 Å². The van der Waals surface area contributed by atoms with Gasteiger partial charge >= 0.3 is 0 Å². The van der Waals surface area contributed by atoms with Crippen molar-refractivity contribution in [1.82, 2.24) is 14.6 Å². The predicted octanol–water partition coefficient (Wildman–Crippen LogP) is 4.32. The van der Waals surface area contributed by atoms with E-state index in [1.807, 2.05) is 24.3 Å². The fourth-order valence-electron chi connectivity index (χ4n) is 2.83. The van der Waals surface area contributed by atoms with Crippen LogP contribution in [0.15, 0.2) is 52.3 Å². The van der Waals surface area contributed by atoms with E-state index in [4.69, 9.17) is 0 Å². The highest BCUT2D eigenvalue weighted by Gasteiger charge is 2.06. The molecule has 0 unspecified atom stereocenters. The van der Waals surface area contributed by atoms with Crippen molar-refractivity contribution in [2.24, 2.45) is 0 Å². The van der Waals surface area contributed by atoms with Gasteiger partial charge in [-0.2, -0.15) is 0 Å². The van der Waals surface area contributed by atoms with Crippen molar-refractivity contribution in [3.05, 3.63) is 52.9 Å². The molecule has 0 amide bonds. The molecule has 2 aromatic heterocycles. The third-order valence-corrected chi connectivity index (χ3v) is 4.31. The summed E-state index contributed by atoms with van der Waals surface area (Å²) in [4.78, 5) is 16.4. The van der Waals surface area contributed by atoms with Gasteiger partial charge in [0.25, 0.3) is 5.56 Å². The smallest absolute Gasteiger partial charge is 0.263 e. The van der Waals surface area contributed by atoms with Gasteiger partial charge in [-0.25, -0.2) is 9.50 Å². The van der Waals surface area contributed by atoms with Gasteiger partial charge in [0.2, 0.25) is 0 Å². The molecular weight excluding hydrogens is 306 g/mol. The molecule has 4 nitrogen and oxygen atoms in total. The summed E-state index contributed by atoms with van der Waals surface area (Å²) in [6, 6.07) is 10.8. The fourth-order valence-corrected chi connectivity index (χ4v) is 3.05. The second-order valence-corrected chi connectivity index (χ2v) is 6.33. The number of imidazole rings is 1. The van der Waals surface area contributed by atoms with E-state index in [2.05, 4.69) is 22.7 Å². The number of thiol groups is 1. The average molecular weight is 327 g/mol. The van der Waals surface area contributed by atoms with Crippen LogP contribution in [-0.2, 0) is 0 Å². The zero-order valence-corrected chi connectivity index (χ0v) is 13.9. The van der Waals surface area contributed by atoms with Crippen LogP contribution in [0, 0.1) is 0 Å². The molecule has 1 aliphatic rings. The van der Waals surface area contributed by atoms with Crippen LogP contribution in [0.2, 0.25) is 0 Å². The number of aromatic nitrogens is 3. The van der Waals surface area contributed by atoms with Crippen LogP contribution >= 0.6 is 12.6 Å². The van der Waals surface area contributed by atoms with Crippen LogP contribution < -0.4 is 5.56 Å². The molecule has 0 spiro atoms. The molecule has 3 aromatic rings. The first-order valence-electron chi connectivity index (χ1n) is 8.10. The van der Waals surface area contributed by atoms with Gasteiger partial charge in [0.15, 0.2) is 5.65 Å². The SMILES string of the molecule is C1CCCCC1.O=c1ccc2ncc(-c3cccc(S)c3)n2[nH]1. The highest BCUT2D eigenvalue weighted by molar-refractivity contribution is 7.80. The Labute approximate surface area is 141 Å². The molecule has 5 heteroatoms. The van der Waals surface area contributed by atoms with E-state index in [0.717, 1.165) is 16.2 Å². The lowest BCUT2D eigenvalue weighted by atomic mass is 10.0. The van der Waals surface area contributed by atoms with E-state index < -0.39 is 0 Å². The summed E-state index contributed by atoms with van der Waals surface area (Å²) >= 11 is 4.30. The summed E-state index contributed by atoms with van der Waals surface area (Å²) in [6.45, 7) is 0. The molecule has 1 N–H and O–H groups in total. The lowest BCUT2D eigenvalue weighted by molar-refractivity contribution is 0.504. The Balaban J connectivity index is 0.000000220. The van der Waals surface area contributed by atoms with E-state index in [1.165, 1.54) is 44.6 Å². The maximum Gasteiger partial charge on any atom is 0.263 e. The lowest BCUT2D eigenvalue weighted by Gasteiger charge is -2.05. The lowest BCUT2D eigenvalue weighted by Crippen LogP contribution is -2.09. The molecule has 1 fully saturated rings. The molecule has 1 saturated carbocycles. The highest BCUT2D eigenvalue weighted by Crippen LogP contribution is 2.21. The van der Waals surface area contributed by atoms with Crippen molar-refractivity contribution < 1.29 is 0 Å². The number of H-pyrrole nitrogens is 1.